The molecule has 0 amide bonds. The zero-order valence-corrected chi connectivity index (χ0v) is 14.8. The van der Waals surface area contributed by atoms with Crippen molar-refractivity contribution < 1.29 is 27.5 Å². The molecule has 0 bridgehead atoms. The molecule has 0 aliphatic heterocycles. The van der Waals surface area contributed by atoms with Gasteiger partial charge < -0.3 is 9.47 Å². The van der Waals surface area contributed by atoms with Gasteiger partial charge in [0.25, 0.3) is 0 Å². The summed E-state index contributed by atoms with van der Waals surface area (Å²) < 4.78 is 32.0. The molecule has 1 atom stereocenters. The topological polar surface area (TPSA) is 86.7 Å². The molecule has 0 aliphatic carbocycles. The number of hydrogen-bond acceptors (Lipinski definition) is 6. The molecule has 0 aromatic heterocycles. The van der Waals surface area contributed by atoms with E-state index in [1.54, 1.807) is 19.1 Å². The van der Waals surface area contributed by atoms with E-state index in [9.17, 15) is 18.0 Å². The van der Waals surface area contributed by atoms with E-state index >= 15 is 0 Å². The molecule has 6 nitrogen and oxygen atoms in total. The van der Waals surface area contributed by atoms with E-state index in [0.717, 1.165) is 19.8 Å². The second-order valence-corrected chi connectivity index (χ2v) is 7.49. The fourth-order valence-electron chi connectivity index (χ4n) is 1.59. The molecule has 0 heterocycles. The van der Waals surface area contributed by atoms with E-state index < -0.39 is 37.1 Å². The average molecular weight is 381 g/mol. The molecular formula is C14H14Cl2O6S. The summed E-state index contributed by atoms with van der Waals surface area (Å²) >= 11 is 11.7. The Morgan fingerprint density at radius 2 is 1.52 bits per heavy atom. The smallest absolute Gasteiger partial charge is 0.350 e. The summed E-state index contributed by atoms with van der Waals surface area (Å²) in [7, 11) is -2.15. The van der Waals surface area contributed by atoms with Crippen molar-refractivity contribution in [3.05, 3.63) is 40.4 Å². The Morgan fingerprint density at radius 3 is 1.96 bits per heavy atom. The van der Waals surface area contributed by atoms with Gasteiger partial charge in [0, 0.05) is 0 Å². The first-order valence-electron chi connectivity index (χ1n) is 6.17. The molecule has 1 rings (SSSR count). The van der Waals surface area contributed by atoms with Crippen molar-refractivity contribution in [2.45, 2.75) is 16.5 Å². The molecule has 0 radical (unpaired) electrons. The highest BCUT2D eigenvalue weighted by atomic mass is 35.5. The van der Waals surface area contributed by atoms with E-state index in [1.807, 2.05) is 0 Å². The van der Waals surface area contributed by atoms with Crippen LogP contribution in [0.2, 0.25) is 0 Å². The van der Waals surface area contributed by atoms with Crippen LogP contribution >= 0.6 is 23.2 Å². The minimum absolute atomic E-state index is 0.126. The minimum atomic E-state index is -4.18. The zero-order valence-electron chi connectivity index (χ0n) is 12.5. The van der Waals surface area contributed by atoms with E-state index in [-0.39, 0.29) is 4.90 Å². The van der Waals surface area contributed by atoms with Crippen molar-refractivity contribution in [1.82, 2.24) is 0 Å². The lowest BCUT2D eigenvalue weighted by Crippen LogP contribution is -2.26. The first-order valence-corrected chi connectivity index (χ1v) is 8.53. The predicted molar refractivity (Wildman–Crippen MR) is 84.9 cm³/mol. The van der Waals surface area contributed by atoms with Crippen LogP contribution in [0.4, 0.5) is 0 Å². The molecule has 1 aromatic rings. The van der Waals surface area contributed by atoms with Gasteiger partial charge in [0.05, 0.1) is 24.7 Å². The van der Waals surface area contributed by atoms with Crippen LogP contribution in [0.3, 0.4) is 0 Å². The maximum atomic E-state index is 12.5. The summed E-state index contributed by atoms with van der Waals surface area (Å²) in [4.78, 5) is 23.2. The van der Waals surface area contributed by atoms with Gasteiger partial charge in [0.1, 0.15) is 5.03 Å². The monoisotopic (exact) mass is 380 g/mol. The van der Waals surface area contributed by atoms with Gasteiger partial charge in [-0.15, -0.1) is 0 Å². The lowest BCUT2D eigenvalue weighted by atomic mass is 10.2. The molecule has 126 valence electrons. The Labute approximate surface area is 143 Å². The summed E-state index contributed by atoms with van der Waals surface area (Å²) in [6.45, 7) is 1.78. The van der Waals surface area contributed by atoms with Crippen LogP contribution in [0.25, 0.3) is 0 Å². The van der Waals surface area contributed by atoms with Crippen molar-refractivity contribution in [3.8, 4) is 0 Å². The fraction of sp³-hybridized carbons (Fsp3) is 0.286. The Bertz CT molecular complexity index is 737. The number of hydrogen-bond donors (Lipinski definition) is 0. The van der Waals surface area contributed by atoms with Gasteiger partial charge in [0.2, 0.25) is 0 Å². The van der Waals surface area contributed by atoms with E-state index in [2.05, 4.69) is 9.47 Å². The van der Waals surface area contributed by atoms with Gasteiger partial charge in [-0.1, -0.05) is 40.9 Å². The van der Waals surface area contributed by atoms with Gasteiger partial charge >= 0.3 is 11.9 Å². The summed E-state index contributed by atoms with van der Waals surface area (Å²) in [5.41, 5.74) is 0.134. The predicted octanol–water partition coefficient (Wildman–Crippen LogP) is 2.17. The summed E-state index contributed by atoms with van der Waals surface area (Å²) in [6, 6.07) is 5.81. The average Bonchev–Trinajstić information content (AvgIpc) is 2.53. The summed E-state index contributed by atoms with van der Waals surface area (Å²) in [6.07, 6.45) is 0. The summed E-state index contributed by atoms with van der Waals surface area (Å²) in [5.74, 6) is -2.24. The third kappa shape index (κ3) is 4.25. The number of benzene rings is 1. The fourth-order valence-corrected chi connectivity index (χ4v) is 3.76. The normalized spacial score (nSPS) is 13.8. The van der Waals surface area contributed by atoms with Crippen molar-refractivity contribution in [2.75, 3.05) is 14.2 Å². The third-order valence-electron chi connectivity index (χ3n) is 2.86. The highest BCUT2D eigenvalue weighted by Gasteiger charge is 2.37. The number of esters is 2. The SMILES string of the molecule is COC(=O)/C(Cl)=C(/C(=O)OC)C(Cl)S(=O)(=O)c1ccc(C)cc1. The molecule has 1 unspecified atom stereocenters. The molecule has 0 N–H and O–H groups in total. The molecule has 9 heteroatoms. The third-order valence-corrected chi connectivity index (χ3v) is 5.84. The van der Waals surface area contributed by atoms with Gasteiger partial charge in [-0.25, -0.2) is 18.0 Å². The van der Waals surface area contributed by atoms with Crippen LogP contribution in [0.15, 0.2) is 39.8 Å². The van der Waals surface area contributed by atoms with Crippen molar-refractivity contribution in [1.29, 1.82) is 0 Å². The van der Waals surface area contributed by atoms with Crippen molar-refractivity contribution in [2.24, 2.45) is 0 Å². The molecule has 0 aliphatic rings. The second-order valence-electron chi connectivity index (χ2n) is 4.38. The van der Waals surface area contributed by atoms with Gasteiger partial charge in [-0.2, -0.15) is 0 Å². The Balaban J connectivity index is 3.45. The number of carbonyl (C=O) groups is 2. The number of carbonyl (C=O) groups excluding carboxylic acids is 2. The van der Waals surface area contributed by atoms with Crippen molar-refractivity contribution in [3.63, 3.8) is 0 Å². The highest BCUT2D eigenvalue weighted by molar-refractivity contribution is 7.93. The van der Waals surface area contributed by atoms with Gasteiger partial charge in [-0.05, 0) is 19.1 Å². The van der Waals surface area contributed by atoms with Crippen molar-refractivity contribution >= 4 is 45.0 Å². The van der Waals surface area contributed by atoms with Gasteiger partial charge in [0.15, 0.2) is 14.5 Å². The standard InChI is InChI=1S/C14H14Cl2O6S/c1-8-4-6-9(7-5-8)23(19,20)12(16)10(13(17)21-2)11(15)14(18)22-3/h4-7,12H,1-3H3/b11-10-. The van der Waals surface area contributed by atoms with Crippen LogP contribution in [0.5, 0.6) is 0 Å². The maximum absolute atomic E-state index is 12.5. The van der Waals surface area contributed by atoms with Crippen LogP contribution < -0.4 is 0 Å². The number of aryl methyl sites for hydroxylation is 1. The first-order chi connectivity index (χ1) is 10.7. The maximum Gasteiger partial charge on any atom is 0.350 e. The Morgan fingerprint density at radius 1 is 1.04 bits per heavy atom. The summed E-state index contributed by atoms with van der Waals surface area (Å²) in [5, 5.41) is -0.755. The molecule has 0 saturated heterocycles. The Kier molecular flexibility index (Phi) is 6.61. The number of alkyl halides is 1. The minimum Gasteiger partial charge on any atom is -0.466 e. The molecule has 0 fully saturated rings. The quantitative estimate of drug-likeness (QED) is 0.441. The van der Waals surface area contributed by atoms with Crippen LogP contribution in [0, 0.1) is 6.92 Å². The molecule has 0 spiro atoms. The Hall–Kier alpha value is -1.57. The molecule has 23 heavy (non-hydrogen) atoms. The highest BCUT2D eigenvalue weighted by Crippen LogP contribution is 2.29. The number of rotatable bonds is 5. The lowest BCUT2D eigenvalue weighted by Gasteiger charge is -2.15. The number of methoxy groups -OCH3 is 2. The molecule has 1 aromatic carbocycles. The molecule has 0 saturated carbocycles. The van der Waals surface area contributed by atoms with E-state index in [1.165, 1.54) is 12.1 Å². The number of ether oxygens (including phenoxy) is 2. The van der Waals surface area contributed by atoms with Gasteiger partial charge in [-0.3, -0.25) is 0 Å². The van der Waals surface area contributed by atoms with Crippen LogP contribution in [0.1, 0.15) is 5.56 Å². The zero-order chi connectivity index (χ0) is 17.8. The van der Waals surface area contributed by atoms with Crippen LogP contribution in [-0.4, -0.2) is 39.3 Å². The largest absolute Gasteiger partial charge is 0.466 e. The first kappa shape index (κ1) is 19.5. The lowest BCUT2D eigenvalue weighted by molar-refractivity contribution is -0.138. The second kappa shape index (κ2) is 7.81. The molecular weight excluding hydrogens is 367 g/mol. The van der Waals surface area contributed by atoms with Crippen LogP contribution in [-0.2, 0) is 28.9 Å². The number of sulfone groups is 1. The van der Waals surface area contributed by atoms with E-state index in [4.69, 9.17) is 23.2 Å². The number of halogens is 2. The van der Waals surface area contributed by atoms with E-state index in [0.29, 0.717) is 0 Å².